The molecule has 0 aliphatic heterocycles. The Morgan fingerprint density at radius 1 is 1.29 bits per heavy atom. The van der Waals surface area contributed by atoms with E-state index in [0.29, 0.717) is 12.0 Å². The van der Waals surface area contributed by atoms with Crippen molar-refractivity contribution < 1.29 is 5.11 Å². The van der Waals surface area contributed by atoms with Crippen molar-refractivity contribution in [2.75, 3.05) is 6.54 Å². The standard InChI is InChI=1S/C16H28BrN3O/c1-5-12-14(17)13(20(4)19-12)10-18-11-16(21)8-6-15(2,3)7-9-16/h18,21H,5-11H2,1-4H3. The van der Waals surface area contributed by atoms with Gasteiger partial charge in [-0.2, -0.15) is 5.10 Å². The molecule has 1 aromatic heterocycles. The number of hydrogen-bond acceptors (Lipinski definition) is 3. The van der Waals surface area contributed by atoms with Crippen molar-refractivity contribution >= 4 is 15.9 Å². The number of aryl methyl sites for hydroxylation is 2. The van der Waals surface area contributed by atoms with Crippen LogP contribution in [0.2, 0.25) is 0 Å². The lowest BCUT2D eigenvalue weighted by Gasteiger charge is -2.40. The third kappa shape index (κ3) is 4.08. The molecule has 1 heterocycles. The second kappa shape index (κ2) is 6.39. The van der Waals surface area contributed by atoms with Crippen LogP contribution in [0.15, 0.2) is 4.47 Å². The Morgan fingerprint density at radius 2 is 1.90 bits per heavy atom. The fourth-order valence-electron chi connectivity index (χ4n) is 2.99. The van der Waals surface area contributed by atoms with Gasteiger partial charge in [0.15, 0.2) is 0 Å². The molecule has 2 N–H and O–H groups in total. The molecule has 0 atom stereocenters. The van der Waals surface area contributed by atoms with Crippen LogP contribution in [0.1, 0.15) is 57.8 Å². The highest BCUT2D eigenvalue weighted by atomic mass is 79.9. The summed E-state index contributed by atoms with van der Waals surface area (Å²) in [5.74, 6) is 0. The highest BCUT2D eigenvalue weighted by molar-refractivity contribution is 9.10. The van der Waals surface area contributed by atoms with Gasteiger partial charge >= 0.3 is 0 Å². The number of hydrogen-bond donors (Lipinski definition) is 2. The van der Waals surface area contributed by atoms with Crippen molar-refractivity contribution in [3.8, 4) is 0 Å². The van der Waals surface area contributed by atoms with Gasteiger partial charge in [0, 0.05) is 20.1 Å². The smallest absolute Gasteiger partial charge is 0.0772 e. The van der Waals surface area contributed by atoms with Crippen LogP contribution in [0.5, 0.6) is 0 Å². The monoisotopic (exact) mass is 357 g/mol. The third-order valence-electron chi connectivity index (χ3n) is 4.78. The predicted molar refractivity (Wildman–Crippen MR) is 89.2 cm³/mol. The molecule has 120 valence electrons. The molecule has 5 heteroatoms. The van der Waals surface area contributed by atoms with Crippen molar-refractivity contribution in [2.24, 2.45) is 12.5 Å². The first kappa shape index (κ1) is 17.0. The summed E-state index contributed by atoms with van der Waals surface area (Å²) < 4.78 is 3.01. The van der Waals surface area contributed by atoms with E-state index in [1.807, 2.05) is 11.7 Å². The van der Waals surface area contributed by atoms with E-state index in [4.69, 9.17) is 0 Å². The first-order valence-corrected chi connectivity index (χ1v) is 8.69. The van der Waals surface area contributed by atoms with E-state index in [1.165, 1.54) is 0 Å². The largest absolute Gasteiger partial charge is 0.389 e. The average molecular weight is 358 g/mol. The zero-order valence-corrected chi connectivity index (χ0v) is 15.3. The van der Waals surface area contributed by atoms with E-state index in [1.54, 1.807) is 0 Å². The van der Waals surface area contributed by atoms with Crippen LogP contribution in [0.25, 0.3) is 0 Å². The summed E-state index contributed by atoms with van der Waals surface area (Å²) in [6.07, 6.45) is 4.90. The lowest BCUT2D eigenvalue weighted by molar-refractivity contribution is -0.0246. The summed E-state index contributed by atoms with van der Waals surface area (Å²) in [6.45, 7) is 8.08. The summed E-state index contributed by atoms with van der Waals surface area (Å²) in [5, 5.41) is 18.6. The van der Waals surface area contributed by atoms with Crippen LogP contribution in [0.4, 0.5) is 0 Å². The van der Waals surface area contributed by atoms with Crippen LogP contribution in [0, 0.1) is 5.41 Å². The highest BCUT2D eigenvalue weighted by Crippen LogP contribution is 2.39. The van der Waals surface area contributed by atoms with Gasteiger partial charge in [-0.15, -0.1) is 0 Å². The van der Waals surface area contributed by atoms with Crippen LogP contribution < -0.4 is 5.32 Å². The van der Waals surface area contributed by atoms with E-state index < -0.39 is 5.60 Å². The number of rotatable bonds is 5. The molecule has 0 unspecified atom stereocenters. The van der Waals surface area contributed by atoms with Crippen LogP contribution >= 0.6 is 15.9 Å². The van der Waals surface area contributed by atoms with Crippen molar-refractivity contribution in [3.05, 3.63) is 15.9 Å². The molecule has 1 aliphatic carbocycles. The van der Waals surface area contributed by atoms with Crippen LogP contribution in [-0.4, -0.2) is 27.0 Å². The maximum absolute atomic E-state index is 10.7. The van der Waals surface area contributed by atoms with Crippen LogP contribution in [-0.2, 0) is 20.0 Å². The Balaban J connectivity index is 1.89. The topological polar surface area (TPSA) is 50.1 Å². The molecule has 0 amide bonds. The molecule has 1 fully saturated rings. The minimum Gasteiger partial charge on any atom is -0.389 e. The van der Waals surface area contributed by atoms with Gasteiger partial charge in [0.2, 0.25) is 0 Å². The highest BCUT2D eigenvalue weighted by Gasteiger charge is 2.36. The van der Waals surface area contributed by atoms with Gasteiger partial charge in [0.1, 0.15) is 0 Å². The number of nitrogens with zero attached hydrogens (tertiary/aromatic N) is 2. The third-order valence-corrected chi connectivity index (χ3v) is 5.70. The maximum atomic E-state index is 10.7. The normalized spacial score (nSPS) is 20.7. The lowest BCUT2D eigenvalue weighted by Crippen LogP contribution is -2.45. The minimum absolute atomic E-state index is 0.382. The molecule has 1 saturated carbocycles. The molecule has 0 spiro atoms. The Hall–Kier alpha value is -0.390. The molecule has 1 aliphatic rings. The second-order valence-electron chi connectivity index (χ2n) is 7.18. The molecule has 0 aromatic carbocycles. The van der Waals surface area contributed by atoms with Crippen molar-refractivity contribution in [3.63, 3.8) is 0 Å². The zero-order valence-electron chi connectivity index (χ0n) is 13.7. The summed E-state index contributed by atoms with van der Waals surface area (Å²) in [6, 6.07) is 0. The number of aromatic nitrogens is 2. The quantitative estimate of drug-likeness (QED) is 0.850. The van der Waals surface area contributed by atoms with E-state index >= 15 is 0 Å². The molecular formula is C16H28BrN3O. The molecule has 0 radical (unpaired) electrons. The number of nitrogens with one attached hydrogen (secondary N) is 1. The lowest BCUT2D eigenvalue weighted by atomic mass is 9.71. The molecular weight excluding hydrogens is 330 g/mol. The number of aliphatic hydroxyl groups is 1. The van der Waals surface area contributed by atoms with E-state index in [9.17, 15) is 5.11 Å². The zero-order chi connectivity index (χ0) is 15.7. The van der Waals surface area contributed by atoms with Crippen molar-refractivity contribution in [2.45, 2.75) is 65.0 Å². The van der Waals surface area contributed by atoms with Gasteiger partial charge in [0.05, 0.1) is 21.5 Å². The fraction of sp³-hybridized carbons (Fsp3) is 0.812. The Bertz CT molecular complexity index is 486. The Labute approximate surface area is 136 Å². The van der Waals surface area contributed by atoms with Crippen molar-refractivity contribution in [1.29, 1.82) is 0 Å². The molecule has 0 saturated heterocycles. The second-order valence-corrected chi connectivity index (χ2v) is 7.97. The van der Waals surface area contributed by atoms with Gasteiger partial charge in [-0.3, -0.25) is 4.68 Å². The minimum atomic E-state index is -0.547. The van der Waals surface area contributed by atoms with Crippen LogP contribution in [0.3, 0.4) is 0 Å². The summed E-state index contributed by atoms with van der Waals surface area (Å²) >= 11 is 3.63. The molecule has 0 bridgehead atoms. The molecule has 2 rings (SSSR count). The average Bonchev–Trinajstić information content (AvgIpc) is 2.70. The maximum Gasteiger partial charge on any atom is 0.0772 e. The summed E-state index contributed by atoms with van der Waals surface area (Å²) in [4.78, 5) is 0. The Morgan fingerprint density at radius 3 is 2.43 bits per heavy atom. The van der Waals surface area contributed by atoms with E-state index in [-0.39, 0.29) is 0 Å². The molecule has 21 heavy (non-hydrogen) atoms. The SMILES string of the molecule is CCc1nn(C)c(CNCC2(O)CCC(C)(C)CC2)c1Br. The summed E-state index contributed by atoms with van der Waals surface area (Å²) in [5.41, 5.74) is 2.07. The predicted octanol–water partition coefficient (Wildman–Crippen LogP) is 3.17. The molecule has 4 nitrogen and oxygen atoms in total. The van der Waals surface area contributed by atoms with Gasteiger partial charge < -0.3 is 10.4 Å². The van der Waals surface area contributed by atoms with Gasteiger partial charge in [0.25, 0.3) is 0 Å². The first-order chi connectivity index (χ1) is 9.76. The van der Waals surface area contributed by atoms with Crippen molar-refractivity contribution in [1.82, 2.24) is 15.1 Å². The van der Waals surface area contributed by atoms with E-state index in [2.05, 4.69) is 47.1 Å². The first-order valence-electron chi connectivity index (χ1n) is 7.90. The summed E-state index contributed by atoms with van der Waals surface area (Å²) in [7, 11) is 1.97. The fourth-order valence-corrected chi connectivity index (χ4v) is 3.75. The Kier molecular flexibility index (Phi) is 5.16. The number of halogens is 1. The van der Waals surface area contributed by atoms with E-state index in [0.717, 1.165) is 54.5 Å². The van der Waals surface area contributed by atoms with Gasteiger partial charge in [-0.1, -0.05) is 20.8 Å². The van der Waals surface area contributed by atoms with Gasteiger partial charge in [-0.25, -0.2) is 0 Å². The molecule has 1 aromatic rings. The van der Waals surface area contributed by atoms with Gasteiger partial charge in [-0.05, 0) is 53.4 Å².